The molecule has 2 heterocycles. The highest BCUT2D eigenvalue weighted by molar-refractivity contribution is 6.34. The van der Waals surface area contributed by atoms with Crippen molar-refractivity contribution in [3.63, 3.8) is 0 Å². The first-order chi connectivity index (χ1) is 8.63. The lowest BCUT2D eigenvalue weighted by atomic mass is 10.00. The van der Waals surface area contributed by atoms with Gasteiger partial charge in [0.15, 0.2) is 0 Å². The maximum absolute atomic E-state index is 9.89. The molecule has 0 amide bonds. The Labute approximate surface area is 117 Å². The zero-order valence-corrected chi connectivity index (χ0v) is 11.5. The highest BCUT2D eigenvalue weighted by Gasteiger charge is 2.41. The number of aliphatic hydroxyl groups is 1. The van der Waals surface area contributed by atoms with Gasteiger partial charge < -0.3 is 5.11 Å². The molecule has 3 rings (SSSR count). The minimum atomic E-state index is -0.112. The third kappa shape index (κ3) is 2.37. The molecule has 3 atom stereocenters. The molecule has 0 spiro atoms. The number of nitrogens with zero attached hydrogens (tertiary/aromatic N) is 2. The minimum absolute atomic E-state index is 0.112. The number of pyridine rings is 1. The van der Waals surface area contributed by atoms with Crippen molar-refractivity contribution in [1.82, 2.24) is 9.88 Å². The van der Waals surface area contributed by atoms with Gasteiger partial charge in [0, 0.05) is 42.3 Å². The zero-order chi connectivity index (χ0) is 12.7. The van der Waals surface area contributed by atoms with Crippen molar-refractivity contribution < 1.29 is 5.11 Å². The third-order valence-corrected chi connectivity index (χ3v) is 4.74. The summed E-state index contributed by atoms with van der Waals surface area (Å²) >= 11 is 11.9. The average Bonchev–Trinajstić information content (AvgIpc) is 2.86. The molecule has 1 N–H and O–H groups in total. The van der Waals surface area contributed by atoms with Crippen LogP contribution >= 0.6 is 23.2 Å². The minimum Gasteiger partial charge on any atom is -0.393 e. The predicted octanol–water partition coefficient (Wildman–Crippen LogP) is 2.59. The fraction of sp³-hybridized carbons (Fsp3) is 0.615. The second kappa shape index (κ2) is 4.97. The van der Waals surface area contributed by atoms with Gasteiger partial charge in [0.1, 0.15) is 5.15 Å². The molecule has 98 valence electrons. The van der Waals surface area contributed by atoms with Crippen LogP contribution in [0.4, 0.5) is 0 Å². The van der Waals surface area contributed by atoms with E-state index in [0.29, 0.717) is 22.0 Å². The summed E-state index contributed by atoms with van der Waals surface area (Å²) in [6.45, 7) is 2.81. The van der Waals surface area contributed by atoms with Gasteiger partial charge in [0.2, 0.25) is 0 Å². The quantitative estimate of drug-likeness (QED) is 0.849. The Balaban J connectivity index is 1.68. The van der Waals surface area contributed by atoms with Crippen LogP contribution in [0.5, 0.6) is 0 Å². The summed E-state index contributed by atoms with van der Waals surface area (Å²) in [5.41, 5.74) is 1.01. The normalized spacial score (nSPS) is 31.8. The van der Waals surface area contributed by atoms with E-state index >= 15 is 0 Å². The van der Waals surface area contributed by atoms with Gasteiger partial charge in [-0.15, -0.1) is 0 Å². The number of hydrogen-bond acceptors (Lipinski definition) is 3. The molecular formula is C13H16Cl2N2O. The third-order valence-electron chi connectivity index (χ3n) is 4.18. The molecular weight excluding hydrogens is 271 g/mol. The molecule has 1 aromatic rings. The molecule has 2 aliphatic rings. The van der Waals surface area contributed by atoms with Crippen molar-refractivity contribution in [2.24, 2.45) is 11.8 Å². The van der Waals surface area contributed by atoms with E-state index in [9.17, 15) is 5.11 Å². The molecule has 1 aliphatic heterocycles. The molecule has 1 aliphatic carbocycles. The van der Waals surface area contributed by atoms with Crippen LogP contribution in [0.15, 0.2) is 12.3 Å². The van der Waals surface area contributed by atoms with Crippen LogP contribution in [-0.4, -0.2) is 34.2 Å². The Kier molecular flexibility index (Phi) is 3.50. The largest absolute Gasteiger partial charge is 0.393 e. The van der Waals surface area contributed by atoms with Crippen LogP contribution in [0.2, 0.25) is 10.2 Å². The van der Waals surface area contributed by atoms with E-state index < -0.39 is 0 Å². The number of aromatic nitrogens is 1. The molecule has 3 unspecified atom stereocenters. The molecule has 1 aromatic heterocycles. The van der Waals surface area contributed by atoms with Gasteiger partial charge in [-0.2, -0.15) is 0 Å². The predicted molar refractivity (Wildman–Crippen MR) is 71.8 cm³/mol. The molecule has 2 fully saturated rings. The topological polar surface area (TPSA) is 36.4 Å². The van der Waals surface area contributed by atoms with Gasteiger partial charge in [0.25, 0.3) is 0 Å². The summed E-state index contributed by atoms with van der Waals surface area (Å²) in [6.07, 6.45) is 3.75. The summed E-state index contributed by atoms with van der Waals surface area (Å²) < 4.78 is 0. The smallest absolute Gasteiger partial charge is 0.130 e. The van der Waals surface area contributed by atoms with Gasteiger partial charge in [-0.05, 0) is 24.8 Å². The molecule has 3 nitrogen and oxygen atoms in total. The van der Waals surface area contributed by atoms with Crippen molar-refractivity contribution in [3.8, 4) is 0 Å². The van der Waals surface area contributed by atoms with Crippen LogP contribution in [-0.2, 0) is 6.54 Å². The first kappa shape index (κ1) is 12.7. The molecule has 1 saturated carbocycles. The van der Waals surface area contributed by atoms with E-state index in [1.165, 1.54) is 0 Å². The lowest BCUT2D eigenvalue weighted by Gasteiger charge is -2.18. The van der Waals surface area contributed by atoms with E-state index in [2.05, 4.69) is 9.88 Å². The Bertz CT molecular complexity index is 455. The van der Waals surface area contributed by atoms with Crippen molar-refractivity contribution in [1.29, 1.82) is 0 Å². The van der Waals surface area contributed by atoms with Gasteiger partial charge >= 0.3 is 0 Å². The molecule has 18 heavy (non-hydrogen) atoms. The van der Waals surface area contributed by atoms with Crippen LogP contribution in [0.3, 0.4) is 0 Å². The molecule has 1 saturated heterocycles. The van der Waals surface area contributed by atoms with Crippen molar-refractivity contribution in [2.45, 2.75) is 25.5 Å². The fourth-order valence-electron chi connectivity index (χ4n) is 3.25. The number of rotatable bonds is 2. The number of halogens is 2. The number of hydrogen-bond donors (Lipinski definition) is 1. The first-order valence-electron chi connectivity index (χ1n) is 6.34. The molecule has 0 aromatic carbocycles. The molecule has 0 bridgehead atoms. The Hall–Kier alpha value is -0.350. The molecule has 5 heteroatoms. The van der Waals surface area contributed by atoms with Gasteiger partial charge in [-0.3, -0.25) is 4.90 Å². The summed E-state index contributed by atoms with van der Waals surface area (Å²) in [5, 5.41) is 11.0. The van der Waals surface area contributed by atoms with Crippen molar-refractivity contribution in [3.05, 3.63) is 28.0 Å². The van der Waals surface area contributed by atoms with Crippen molar-refractivity contribution >= 4 is 23.2 Å². The zero-order valence-electron chi connectivity index (χ0n) is 10.0. The van der Waals surface area contributed by atoms with E-state index in [0.717, 1.165) is 38.0 Å². The number of fused-ring (bicyclic) bond motifs is 1. The van der Waals surface area contributed by atoms with Crippen LogP contribution < -0.4 is 0 Å². The van der Waals surface area contributed by atoms with Gasteiger partial charge in [0.05, 0.1) is 6.10 Å². The number of aliphatic hydroxyl groups excluding tert-OH is 1. The SMILES string of the molecule is OC1CCC2CN(Cc3cnc(Cl)cc3Cl)CC12. The highest BCUT2D eigenvalue weighted by atomic mass is 35.5. The lowest BCUT2D eigenvalue weighted by molar-refractivity contribution is 0.123. The second-order valence-corrected chi connectivity index (χ2v) is 6.16. The summed E-state index contributed by atoms with van der Waals surface area (Å²) in [7, 11) is 0. The Morgan fingerprint density at radius 2 is 2.17 bits per heavy atom. The second-order valence-electron chi connectivity index (χ2n) is 5.36. The first-order valence-corrected chi connectivity index (χ1v) is 7.09. The van der Waals surface area contributed by atoms with Crippen LogP contribution in [0.25, 0.3) is 0 Å². The van der Waals surface area contributed by atoms with E-state index in [1.54, 1.807) is 12.3 Å². The highest BCUT2D eigenvalue weighted by Crippen LogP contribution is 2.38. The Morgan fingerprint density at radius 1 is 1.33 bits per heavy atom. The average molecular weight is 287 g/mol. The summed E-state index contributed by atoms with van der Waals surface area (Å²) in [4.78, 5) is 6.43. The summed E-state index contributed by atoms with van der Waals surface area (Å²) in [5.74, 6) is 1.10. The van der Waals surface area contributed by atoms with Gasteiger partial charge in [-0.25, -0.2) is 4.98 Å². The monoisotopic (exact) mass is 286 g/mol. The van der Waals surface area contributed by atoms with E-state index in [1.807, 2.05) is 0 Å². The van der Waals surface area contributed by atoms with Gasteiger partial charge in [-0.1, -0.05) is 23.2 Å². The summed E-state index contributed by atoms with van der Waals surface area (Å²) in [6, 6.07) is 1.68. The Morgan fingerprint density at radius 3 is 2.89 bits per heavy atom. The fourth-order valence-corrected chi connectivity index (χ4v) is 3.68. The maximum atomic E-state index is 9.89. The van der Waals surface area contributed by atoms with E-state index in [4.69, 9.17) is 23.2 Å². The van der Waals surface area contributed by atoms with E-state index in [-0.39, 0.29) is 6.10 Å². The lowest BCUT2D eigenvalue weighted by Crippen LogP contribution is -2.24. The van der Waals surface area contributed by atoms with Crippen LogP contribution in [0.1, 0.15) is 18.4 Å². The molecule has 0 radical (unpaired) electrons. The standard InChI is InChI=1S/C13H16Cl2N2O/c14-11-3-13(15)16-4-9(11)6-17-5-8-1-2-12(18)10(8)7-17/h3-4,8,10,12,18H,1-2,5-7H2. The van der Waals surface area contributed by atoms with Crippen molar-refractivity contribution in [2.75, 3.05) is 13.1 Å². The number of likely N-dealkylation sites (tertiary alicyclic amines) is 1. The van der Waals surface area contributed by atoms with Crippen LogP contribution in [0, 0.1) is 11.8 Å². The maximum Gasteiger partial charge on any atom is 0.130 e.